The van der Waals surface area contributed by atoms with Crippen molar-refractivity contribution in [3.8, 4) is 5.75 Å². The van der Waals surface area contributed by atoms with Crippen molar-refractivity contribution in [1.29, 1.82) is 0 Å². The van der Waals surface area contributed by atoms with Crippen LogP contribution in [0, 0.1) is 0 Å². The fourth-order valence-electron chi connectivity index (χ4n) is 1.73. The Hall–Kier alpha value is -2.33. The molecule has 0 saturated carbocycles. The number of nitrogens with zero attached hydrogens (tertiary/aromatic N) is 3. The largest absolute Gasteiger partial charge is 0.507 e. The zero-order valence-corrected chi connectivity index (χ0v) is 12.5. The van der Waals surface area contributed by atoms with E-state index in [0.29, 0.717) is 17.4 Å². The molecule has 0 aliphatic heterocycles. The summed E-state index contributed by atoms with van der Waals surface area (Å²) < 4.78 is 6.37. The molecule has 9 nitrogen and oxygen atoms in total. The average Bonchev–Trinajstić information content (AvgIpc) is 2.94. The molecule has 0 spiro atoms. The van der Waals surface area contributed by atoms with E-state index < -0.39 is 18.4 Å². The number of ether oxygens (including phenoxy) is 1. The van der Waals surface area contributed by atoms with Crippen LogP contribution in [0.2, 0.25) is 0 Å². The lowest BCUT2D eigenvalue weighted by atomic mass is 10.2. The van der Waals surface area contributed by atoms with Crippen molar-refractivity contribution in [3.05, 3.63) is 18.0 Å². The highest BCUT2D eigenvalue weighted by Crippen LogP contribution is 2.28. The third-order valence-corrected chi connectivity index (χ3v) is 3.62. The summed E-state index contributed by atoms with van der Waals surface area (Å²) in [5, 5.41) is 25.5. The SMILES string of the molecule is COCCSc1cc(O)c(C(=O)NCC(=O)O)c2ncnn12. The number of hydrogen-bond acceptors (Lipinski definition) is 7. The highest BCUT2D eigenvalue weighted by atomic mass is 32.2. The lowest BCUT2D eigenvalue weighted by Gasteiger charge is -2.10. The summed E-state index contributed by atoms with van der Waals surface area (Å²) in [5.74, 6) is -1.57. The summed E-state index contributed by atoms with van der Waals surface area (Å²) in [6, 6.07) is 1.39. The minimum atomic E-state index is -1.18. The topological polar surface area (TPSA) is 126 Å². The fourth-order valence-corrected chi connectivity index (χ4v) is 2.64. The van der Waals surface area contributed by atoms with E-state index in [-0.39, 0.29) is 17.0 Å². The molecule has 0 aliphatic rings. The molecule has 1 amide bonds. The Morgan fingerprint density at radius 2 is 2.27 bits per heavy atom. The second kappa shape index (κ2) is 7.09. The van der Waals surface area contributed by atoms with Crippen molar-refractivity contribution >= 4 is 29.3 Å². The molecule has 2 aromatic heterocycles. The van der Waals surface area contributed by atoms with Gasteiger partial charge in [-0.15, -0.1) is 11.8 Å². The van der Waals surface area contributed by atoms with Crippen molar-refractivity contribution in [3.63, 3.8) is 0 Å². The van der Waals surface area contributed by atoms with Gasteiger partial charge in [0.05, 0.1) is 6.61 Å². The smallest absolute Gasteiger partial charge is 0.322 e. The molecule has 22 heavy (non-hydrogen) atoms. The number of aromatic hydroxyl groups is 1. The number of hydrogen-bond donors (Lipinski definition) is 3. The number of rotatable bonds is 7. The monoisotopic (exact) mass is 326 g/mol. The van der Waals surface area contributed by atoms with Gasteiger partial charge in [-0.2, -0.15) is 5.10 Å². The van der Waals surface area contributed by atoms with Crippen LogP contribution >= 0.6 is 11.8 Å². The van der Waals surface area contributed by atoms with Crippen LogP contribution in [-0.4, -0.2) is 62.7 Å². The third-order valence-electron chi connectivity index (χ3n) is 2.66. The molecule has 0 aliphatic carbocycles. The second-order valence-corrected chi connectivity index (χ2v) is 5.27. The number of nitrogens with one attached hydrogen (secondary N) is 1. The number of fused-ring (bicyclic) bond motifs is 1. The fraction of sp³-hybridized carbons (Fsp3) is 0.333. The Morgan fingerprint density at radius 3 is 2.95 bits per heavy atom. The molecule has 0 fully saturated rings. The van der Waals surface area contributed by atoms with Crippen molar-refractivity contribution in [2.75, 3.05) is 26.0 Å². The molecule has 0 radical (unpaired) electrons. The predicted molar refractivity (Wildman–Crippen MR) is 77.2 cm³/mol. The number of methoxy groups -OCH3 is 1. The Kier molecular flexibility index (Phi) is 5.17. The molecule has 0 atom stereocenters. The van der Waals surface area contributed by atoms with E-state index in [1.165, 1.54) is 28.7 Å². The molecule has 2 heterocycles. The lowest BCUT2D eigenvalue weighted by Crippen LogP contribution is -2.29. The minimum Gasteiger partial charge on any atom is -0.507 e. The molecule has 118 valence electrons. The van der Waals surface area contributed by atoms with Gasteiger partial charge >= 0.3 is 5.97 Å². The number of carbonyl (C=O) groups is 2. The van der Waals surface area contributed by atoms with E-state index in [1.807, 2.05) is 0 Å². The van der Waals surface area contributed by atoms with Crippen LogP contribution in [0.3, 0.4) is 0 Å². The molecular formula is C12H14N4O5S. The van der Waals surface area contributed by atoms with Crippen LogP contribution < -0.4 is 5.32 Å². The highest BCUT2D eigenvalue weighted by Gasteiger charge is 2.20. The number of carboxylic acid groups (broad SMARTS) is 1. The van der Waals surface area contributed by atoms with Gasteiger partial charge in [0.1, 0.15) is 29.2 Å². The predicted octanol–water partition coefficient (Wildman–Crippen LogP) is -0.0122. The normalized spacial score (nSPS) is 10.8. The maximum atomic E-state index is 12.0. The molecule has 2 aromatic rings. The van der Waals surface area contributed by atoms with Gasteiger partial charge in [-0.1, -0.05) is 0 Å². The summed E-state index contributed by atoms with van der Waals surface area (Å²) in [6.07, 6.45) is 1.25. The van der Waals surface area contributed by atoms with Crippen LogP contribution in [-0.2, 0) is 9.53 Å². The van der Waals surface area contributed by atoms with Gasteiger partial charge in [-0.3, -0.25) is 9.59 Å². The number of carboxylic acids is 1. The standard InChI is InChI=1S/C12H14N4O5S/c1-21-2-3-22-8-4-7(17)10(11-14-6-15-16(8)11)12(20)13-5-9(18)19/h4,6,17H,2-3,5H2,1H3,(H,13,20)(H,18,19). The Bertz CT molecular complexity index is 702. The number of carbonyl (C=O) groups excluding carboxylic acids is 1. The van der Waals surface area contributed by atoms with E-state index in [9.17, 15) is 14.7 Å². The van der Waals surface area contributed by atoms with E-state index in [0.717, 1.165) is 0 Å². The van der Waals surface area contributed by atoms with E-state index >= 15 is 0 Å². The molecule has 3 N–H and O–H groups in total. The number of aromatic nitrogens is 3. The van der Waals surface area contributed by atoms with Gasteiger partial charge in [0.25, 0.3) is 5.91 Å². The molecular weight excluding hydrogens is 312 g/mol. The molecule has 0 aromatic carbocycles. The molecule has 10 heteroatoms. The summed E-state index contributed by atoms with van der Waals surface area (Å²) in [5.41, 5.74) is 0.0395. The average molecular weight is 326 g/mol. The Balaban J connectivity index is 2.34. The van der Waals surface area contributed by atoms with Crippen molar-refractivity contribution in [1.82, 2.24) is 19.9 Å². The van der Waals surface area contributed by atoms with Gasteiger partial charge < -0.3 is 20.3 Å². The molecule has 0 unspecified atom stereocenters. The summed E-state index contributed by atoms with van der Waals surface area (Å²) >= 11 is 1.38. The quantitative estimate of drug-likeness (QED) is 0.479. The van der Waals surface area contributed by atoms with E-state index in [1.54, 1.807) is 7.11 Å². The third kappa shape index (κ3) is 3.46. The minimum absolute atomic E-state index is 0.116. The first-order valence-corrected chi connectivity index (χ1v) is 7.20. The number of pyridine rings is 1. The van der Waals surface area contributed by atoms with Gasteiger partial charge in [0, 0.05) is 18.9 Å². The molecule has 0 bridgehead atoms. The Labute approximate surface area is 129 Å². The first-order valence-electron chi connectivity index (χ1n) is 6.22. The highest BCUT2D eigenvalue weighted by molar-refractivity contribution is 7.99. The first kappa shape index (κ1) is 16.0. The maximum absolute atomic E-state index is 12.0. The summed E-state index contributed by atoms with van der Waals surface area (Å²) in [6.45, 7) is -0.0363. The van der Waals surface area contributed by atoms with Gasteiger partial charge in [0.2, 0.25) is 0 Å². The lowest BCUT2D eigenvalue weighted by molar-refractivity contribution is -0.135. The summed E-state index contributed by atoms with van der Waals surface area (Å²) in [4.78, 5) is 26.5. The van der Waals surface area contributed by atoms with Crippen molar-refractivity contribution < 1.29 is 24.5 Å². The zero-order valence-electron chi connectivity index (χ0n) is 11.6. The number of thioether (sulfide) groups is 1. The number of amides is 1. The van der Waals surface area contributed by atoms with Gasteiger partial charge in [-0.05, 0) is 0 Å². The van der Waals surface area contributed by atoms with E-state index in [2.05, 4.69) is 15.4 Å². The number of aliphatic carboxylic acids is 1. The maximum Gasteiger partial charge on any atom is 0.322 e. The van der Waals surface area contributed by atoms with Crippen LogP contribution in [0.5, 0.6) is 5.75 Å². The first-order chi connectivity index (χ1) is 10.5. The van der Waals surface area contributed by atoms with Crippen LogP contribution in [0.4, 0.5) is 0 Å². The van der Waals surface area contributed by atoms with E-state index in [4.69, 9.17) is 9.84 Å². The van der Waals surface area contributed by atoms with Crippen molar-refractivity contribution in [2.45, 2.75) is 5.03 Å². The van der Waals surface area contributed by atoms with Gasteiger partial charge in [-0.25, -0.2) is 9.50 Å². The van der Waals surface area contributed by atoms with Crippen LogP contribution in [0.15, 0.2) is 17.4 Å². The second-order valence-electron chi connectivity index (χ2n) is 4.16. The van der Waals surface area contributed by atoms with Gasteiger partial charge in [0.15, 0.2) is 5.65 Å². The van der Waals surface area contributed by atoms with Crippen molar-refractivity contribution in [2.24, 2.45) is 0 Å². The van der Waals surface area contributed by atoms with Crippen LogP contribution in [0.25, 0.3) is 5.65 Å². The summed E-state index contributed by atoms with van der Waals surface area (Å²) in [7, 11) is 1.58. The Morgan fingerprint density at radius 1 is 1.50 bits per heavy atom. The molecule has 0 saturated heterocycles. The zero-order chi connectivity index (χ0) is 16.1. The molecule has 2 rings (SSSR count). The van der Waals surface area contributed by atoms with Crippen LogP contribution in [0.1, 0.15) is 10.4 Å².